The standard InChI is InChI=1S/C19H27N3O2/c1-14(2)19(4,13-20)21-18(23)11-22-10-15(3)24-12-17(22)16-8-6-5-7-9-16/h5-9,14-15,17H,10-12H2,1-4H3,(H,21,23)/t15-,17+,19+/m1/s1. The molecule has 130 valence electrons. The molecular weight excluding hydrogens is 302 g/mol. The van der Waals surface area contributed by atoms with E-state index in [1.54, 1.807) is 6.92 Å². The zero-order valence-electron chi connectivity index (χ0n) is 15.0. The zero-order chi connectivity index (χ0) is 17.7. The second kappa shape index (κ2) is 7.78. The monoisotopic (exact) mass is 329 g/mol. The van der Waals surface area contributed by atoms with E-state index < -0.39 is 5.54 Å². The van der Waals surface area contributed by atoms with E-state index in [1.165, 1.54) is 0 Å². The van der Waals surface area contributed by atoms with Gasteiger partial charge in [0.25, 0.3) is 0 Å². The van der Waals surface area contributed by atoms with Crippen molar-refractivity contribution in [2.75, 3.05) is 19.7 Å². The Labute approximate surface area is 144 Å². The molecule has 0 bridgehead atoms. The van der Waals surface area contributed by atoms with E-state index in [2.05, 4.69) is 28.4 Å². The van der Waals surface area contributed by atoms with E-state index in [0.29, 0.717) is 13.2 Å². The number of morpholine rings is 1. The Hall–Kier alpha value is -1.90. The summed E-state index contributed by atoms with van der Waals surface area (Å²) in [6, 6.07) is 12.4. The van der Waals surface area contributed by atoms with Crippen LogP contribution in [0.25, 0.3) is 0 Å². The molecule has 1 aromatic carbocycles. The van der Waals surface area contributed by atoms with Crippen molar-refractivity contribution in [1.29, 1.82) is 5.26 Å². The summed E-state index contributed by atoms with van der Waals surface area (Å²) in [5.74, 6) is -0.0808. The van der Waals surface area contributed by atoms with Crippen molar-refractivity contribution >= 4 is 5.91 Å². The Morgan fingerprint density at radius 1 is 1.46 bits per heavy atom. The fraction of sp³-hybridized carbons (Fsp3) is 0.579. The number of rotatable bonds is 5. The highest BCUT2D eigenvalue weighted by Gasteiger charge is 2.33. The van der Waals surface area contributed by atoms with Gasteiger partial charge >= 0.3 is 0 Å². The van der Waals surface area contributed by atoms with Crippen molar-refractivity contribution in [1.82, 2.24) is 10.2 Å². The zero-order valence-corrected chi connectivity index (χ0v) is 15.0. The molecule has 0 aromatic heterocycles. The summed E-state index contributed by atoms with van der Waals surface area (Å²) in [6.07, 6.45) is 0.0882. The first kappa shape index (κ1) is 18.4. The number of hydrogen-bond donors (Lipinski definition) is 1. The fourth-order valence-corrected chi connectivity index (χ4v) is 2.84. The van der Waals surface area contributed by atoms with Crippen LogP contribution in [0.15, 0.2) is 30.3 Å². The molecule has 5 heteroatoms. The molecule has 0 saturated carbocycles. The minimum atomic E-state index is -0.850. The smallest absolute Gasteiger partial charge is 0.235 e. The predicted molar refractivity (Wildman–Crippen MR) is 93.2 cm³/mol. The lowest BCUT2D eigenvalue weighted by Crippen LogP contribution is -2.54. The number of nitrogens with one attached hydrogen (secondary N) is 1. The summed E-state index contributed by atoms with van der Waals surface area (Å²) in [5, 5.41) is 12.3. The summed E-state index contributed by atoms with van der Waals surface area (Å²) < 4.78 is 5.79. The van der Waals surface area contributed by atoms with Crippen LogP contribution in [0.3, 0.4) is 0 Å². The summed E-state index contributed by atoms with van der Waals surface area (Å²) >= 11 is 0. The molecule has 24 heavy (non-hydrogen) atoms. The van der Waals surface area contributed by atoms with Crippen molar-refractivity contribution < 1.29 is 9.53 Å². The van der Waals surface area contributed by atoms with Crippen LogP contribution in [0.1, 0.15) is 39.3 Å². The third kappa shape index (κ3) is 4.34. The molecule has 0 spiro atoms. The number of ether oxygens (including phenoxy) is 1. The van der Waals surface area contributed by atoms with Gasteiger partial charge in [-0.3, -0.25) is 9.69 Å². The lowest BCUT2D eigenvalue weighted by molar-refractivity contribution is -0.128. The highest BCUT2D eigenvalue weighted by atomic mass is 16.5. The van der Waals surface area contributed by atoms with Gasteiger partial charge < -0.3 is 10.1 Å². The summed E-state index contributed by atoms with van der Waals surface area (Å²) in [4.78, 5) is 14.7. The van der Waals surface area contributed by atoms with E-state index in [0.717, 1.165) is 5.56 Å². The van der Waals surface area contributed by atoms with Crippen molar-refractivity contribution in [3.05, 3.63) is 35.9 Å². The second-order valence-corrected chi connectivity index (χ2v) is 7.02. The molecule has 1 aliphatic rings. The Morgan fingerprint density at radius 2 is 2.12 bits per heavy atom. The normalized spacial score (nSPS) is 24.2. The van der Waals surface area contributed by atoms with Crippen LogP contribution in [0.2, 0.25) is 0 Å². The van der Waals surface area contributed by atoms with Gasteiger partial charge in [-0.1, -0.05) is 44.2 Å². The number of carbonyl (C=O) groups excluding carboxylic acids is 1. The molecule has 1 N–H and O–H groups in total. The van der Waals surface area contributed by atoms with Crippen LogP contribution in [0, 0.1) is 17.2 Å². The van der Waals surface area contributed by atoms with Gasteiger partial charge in [-0.2, -0.15) is 5.26 Å². The van der Waals surface area contributed by atoms with Crippen molar-refractivity contribution in [2.45, 2.75) is 45.4 Å². The Kier molecular flexibility index (Phi) is 5.98. The first-order valence-electron chi connectivity index (χ1n) is 8.48. The molecule has 0 aliphatic carbocycles. The number of amides is 1. The highest BCUT2D eigenvalue weighted by Crippen LogP contribution is 2.26. The average molecular weight is 329 g/mol. The van der Waals surface area contributed by atoms with E-state index in [4.69, 9.17) is 4.74 Å². The molecule has 1 aromatic rings. The van der Waals surface area contributed by atoms with Gasteiger partial charge in [0.05, 0.1) is 31.4 Å². The first-order chi connectivity index (χ1) is 11.4. The molecule has 5 nitrogen and oxygen atoms in total. The molecule has 1 saturated heterocycles. The van der Waals surface area contributed by atoms with Gasteiger partial charge in [-0.15, -0.1) is 0 Å². The van der Waals surface area contributed by atoms with Crippen molar-refractivity contribution in [2.24, 2.45) is 5.92 Å². The molecule has 0 radical (unpaired) electrons. The van der Waals surface area contributed by atoms with Gasteiger partial charge in [0.15, 0.2) is 0 Å². The molecule has 1 aliphatic heterocycles. The number of nitriles is 1. The molecule has 0 unspecified atom stereocenters. The number of carbonyl (C=O) groups is 1. The Morgan fingerprint density at radius 3 is 2.71 bits per heavy atom. The van der Waals surface area contributed by atoms with Gasteiger partial charge in [0, 0.05) is 6.54 Å². The van der Waals surface area contributed by atoms with E-state index in [1.807, 2.05) is 39.0 Å². The Bertz CT molecular complexity index is 596. The average Bonchev–Trinajstić information content (AvgIpc) is 2.55. The summed E-state index contributed by atoms with van der Waals surface area (Å²) in [7, 11) is 0. The maximum absolute atomic E-state index is 12.5. The second-order valence-electron chi connectivity index (χ2n) is 7.02. The van der Waals surface area contributed by atoms with Crippen LogP contribution in [0.4, 0.5) is 0 Å². The fourth-order valence-electron chi connectivity index (χ4n) is 2.84. The van der Waals surface area contributed by atoms with Gasteiger partial charge in [0.2, 0.25) is 5.91 Å². The third-order valence-corrected chi connectivity index (χ3v) is 4.79. The van der Waals surface area contributed by atoms with E-state index in [-0.39, 0.29) is 30.5 Å². The maximum atomic E-state index is 12.5. The van der Waals surface area contributed by atoms with Crippen molar-refractivity contribution in [3.8, 4) is 6.07 Å². The van der Waals surface area contributed by atoms with Gasteiger partial charge in [-0.05, 0) is 25.3 Å². The summed E-state index contributed by atoms with van der Waals surface area (Å²) in [6.45, 7) is 9.18. The number of nitrogens with zero attached hydrogens (tertiary/aromatic N) is 2. The summed E-state index contributed by atoms with van der Waals surface area (Å²) in [5.41, 5.74) is 0.293. The van der Waals surface area contributed by atoms with E-state index in [9.17, 15) is 10.1 Å². The van der Waals surface area contributed by atoms with Crippen LogP contribution >= 0.6 is 0 Å². The van der Waals surface area contributed by atoms with Crippen LogP contribution in [0.5, 0.6) is 0 Å². The third-order valence-electron chi connectivity index (χ3n) is 4.79. The van der Waals surface area contributed by atoms with Crippen LogP contribution in [-0.4, -0.2) is 42.1 Å². The molecule has 1 fully saturated rings. The largest absolute Gasteiger partial charge is 0.375 e. The SMILES string of the molecule is CC(C)[C@](C)(C#N)NC(=O)CN1C[C@@H](C)OC[C@H]1c1ccccc1. The van der Waals surface area contributed by atoms with Gasteiger partial charge in [0.1, 0.15) is 5.54 Å². The van der Waals surface area contributed by atoms with Crippen LogP contribution in [-0.2, 0) is 9.53 Å². The molecule has 1 heterocycles. The molecule has 1 amide bonds. The van der Waals surface area contributed by atoms with Gasteiger partial charge in [-0.25, -0.2) is 0 Å². The number of benzene rings is 1. The maximum Gasteiger partial charge on any atom is 0.235 e. The minimum Gasteiger partial charge on any atom is -0.375 e. The predicted octanol–water partition coefficient (Wildman–Crippen LogP) is 2.50. The molecule has 3 atom stereocenters. The quantitative estimate of drug-likeness (QED) is 0.901. The molecular formula is C19H27N3O2. The molecule has 2 rings (SSSR count). The first-order valence-corrected chi connectivity index (χ1v) is 8.48. The van der Waals surface area contributed by atoms with E-state index >= 15 is 0 Å². The lowest BCUT2D eigenvalue weighted by Gasteiger charge is -2.39. The Balaban J connectivity index is 2.09. The minimum absolute atomic E-state index is 0.0417. The van der Waals surface area contributed by atoms with Crippen LogP contribution < -0.4 is 5.32 Å². The lowest BCUT2D eigenvalue weighted by atomic mass is 9.90. The topological polar surface area (TPSA) is 65.4 Å². The van der Waals surface area contributed by atoms with Crippen molar-refractivity contribution in [3.63, 3.8) is 0 Å². The highest BCUT2D eigenvalue weighted by molar-refractivity contribution is 5.79. The number of hydrogen-bond acceptors (Lipinski definition) is 4.